The van der Waals surface area contributed by atoms with Gasteiger partial charge >= 0.3 is 0 Å². The van der Waals surface area contributed by atoms with Gasteiger partial charge < -0.3 is 4.57 Å². The predicted octanol–water partition coefficient (Wildman–Crippen LogP) is 5.78. The molecule has 0 saturated heterocycles. The van der Waals surface area contributed by atoms with E-state index in [-0.39, 0.29) is 10.6 Å². The van der Waals surface area contributed by atoms with Gasteiger partial charge in [0, 0.05) is 29.4 Å². The van der Waals surface area contributed by atoms with Crippen LogP contribution in [0.3, 0.4) is 0 Å². The highest BCUT2D eigenvalue weighted by atomic mass is 16.6. The van der Waals surface area contributed by atoms with Crippen molar-refractivity contribution in [3.63, 3.8) is 0 Å². The number of hydrogen-bond donors (Lipinski definition) is 0. The molecule has 0 N–H and O–H groups in total. The van der Waals surface area contributed by atoms with Crippen LogP contribution in [0, 0.1) is 17.0 Å². The number of nitro groups is 1. The number of nitro benzene ring substituents is 1. The minimum absolute atomic E-state index is 0.0735. The normalized spacial score (nSPS) is 11.5. The molecule has 0 saturated carbocycles. The standard InChI is InChI=1S/C22H24N4O2/c1-3-4-5-8-14-24-20-13-7-6-12-19(20)21-16(2)23-25(22(21)24)17-10-9-11-18(15-17)26(27)28/h6-7,9-13,15H,3-5,8,14H2,1-2H3. The number of non-ortho nitro benzene ring substituents is 1. The first-order chi connectivity index (χ1) is 13.6. The van der Waals surface area contributed by atoms with Crippen LogP contribution in [0.2, 0.25) is 0 Å². The SMILES string of the molecule is CCCCCCn1c2ccccc2c2c(C)nn(-c3cccc([N+](=O)[O-])c3)c21. The zero-order chi connectivity index (χ0) is 19.7. The monoisotopic (exact) mass is 376 g/mol. The van der Waals surface area contributed by atoms with Crippen molar-refractivity contribution in [1.29, 1.82) is 0 Å². The number of aromatic nitrogens is 3. The third-order valence-electron chi connectivity index (χ3n) is 5.28. The zero-order valence-electron chi connectivity index (χ0n) is 16.3. The summed E-state index contributed by atoms with van der Waals surface area (Å²) in [5.74, 6) is 0. The van der Waals surface area contributed by atoms with Crippen LogP contribution in [0.4, 0.5) is 5.69 Å². The van der Waals surface area contributed by atoms with E-state index in [0.717, 1.165) is 29.7 Å². The van der Waals surface area contributed by atoms with Gasteiger partial charge in [-0.2, -0.15) is 5.10 Å². The molecule has 6 nitrogen and oxygen atoms in total. The van der Waals surface area contributed by atoms with E-state index < -0.39 is 0 Å². The maximum absolute atomic E-state index is 11.2. The summed E-state index contributed by atoms with van der Waals surface area (Å²) in [5.41, 5.74) is 3.92. The molecule has 0 spiro atoms. The van der Waals surface area contributed by atoms with Crippen molar-refractivity contribution in [2.24, 2.45) is 0 Å². The fourth-order valence-electron chi connectivity index (χ4n) is 3.96. The fraction of sp³-hybridized carbons (Fsp3) is 0.318. The van der Waals surface area contributed by atoms with Crippen LogP contribution >= 0.6 is 0 Å². The van der Waals surface area contributed by atoms with E-state index in [4.69, 9.17) is 5.10 Å². The van der Waals surface area contributed by atoms with Gasteiger partial charge in [-0.1, -0.05) is 50.5 Å². The topological polar surface area (TPSA) is 65.9 Å². The second-order valence-corrected chi connectivity index (χ2v) is 7.20. The smallest absolute Gasteiger partial charge is 0.271 e. The third-order valence-corrected chi connectivity index (χ3v) is 5.28. The molecule has 0 aliphatic carbocycles. The van der Waals surface area contributed by atoms with Crippen LogP contribution in [0.5, 0.6) is 0 Å². The lowest BCUT2D eigenvalue weighted by Gasteiger charge is -2.10. The molecule has 2 aromatic carbocycles. The molecule has 0 radical (unpaired) electrons. The van der Waals surface area contributed by atoms with Crippen molar-refractivity contribution >= 4 is 27.6 Å². The van der Waals surface area contributed by atoms with Crippen LogP contribution in [0.15, 0.2) is 48.5 Å². The zero-order valence-corrected chi connectivity index (χ0v) is 16.3. The molecule has 2 aromatic heterocycles. The lowest BCUT2D eigenvalue weighted by Crippen LogP contribution is -2.05. The molecule has 4 aromatic rings. The van der Waals surface area contributed by atoms with Crippen molar-refractivity contribution in [2.45, 2.75) is 46.1 Å². The number of unbranched alkanes of at least 4 members (excludes halogenated alkanes) is 3. The molecule has 2 heterocycles. The van der Waals surface area contributed by atoms with Crippen molar-refractivity contribution in [3.8, 4) is 5.69 Å². The van der Waals surface area contributed by atoms with Gasteiger partial charge in [-0.3, -0.25) is 10.1 Å². The molecule has 0 atom stereocenters. The van der Waals surface area contributed by atoms with Crippen LogP contribution < -0.4 is 0 Å². The molecule has 4 rings (SSSR count). The van der Waals surface area contributed by atoms with Crippen LogP contribution in [-0.2, 0) is 6.54 Å². The molecular formula is C22H24N4O2. The molecule has 28 heavy (non-hydrogen) atoms. The van der Waals surface area contributed by atoms with Gasteiger partial charge in [-0.25, -0.2) is 4.68 Å². The summed E-state index contributed by atoms with van der Waals surface area (Å²) in [4.78, 5) is 10.9. The first-order valence-electron chi connectivity index (χ1n) is 9.83. The van der Waals surface area contributed by atoms with Crippen molar-refractivity contribution < 1.29 is 4.92 Å². The number of nitrogens with zero attached hydrogens (tertiary/aromatic N) is 4. The Morgan fingerprint density at radius 1 is 1.07 bits per heavy atom. The van der Waals surface area contributed by atoms with Gasteiger partial charge in [0.1, 0.15) is 5.65 Å². The average Bonchev–Trinajstić information content (AvgIpc) is 3.21. The molecule has 0 aliphatic heterocycles. The van der Waals surface area contributed by atoms with E-state index in [9.17, 15) is 10.1 Å². The second-order valence-electron chi connectivity index (χ2n) is 7.20. The maximum atomic E-state index is 11.2. The summed E-state index contributed by atoms with van der Waals surface area (Å²) in [7, 11) is 0. The average molecular weight is 376 g/mol. The summed E-state index contributed by atoms with van der Waals surface area (Å²) >= 11 is 0. The Morgan fingerprint density at radius 3 is 2.68 bits per heavy atom. The summed E-state index contributed by atoms with van der Waals surface area (Å²) in [6.45, 7) is 5.12. The molecule has 0 amide bonds. The molecule has 0 bridgehead atoms. The first kappa shape index (κ1) is 18.2. The Hall–Kier alpha value is -3.15. The van der Waals surface area contributed by atoms with E-state index >= 15 is 0 Å². The second kappa shape index (κ2) is 7.46. The van der Waals surface area contributed by atoms with E-state index in [1.807, 2.05) is 23.7 Å². The number of para-hydroxylation sites is 1. The number of rotatable bonds is 7. The van der Waals surface area contributed by atoms with Crippen molar-refractivity contribution in [2.75, 3.05) is 0 Å². The summed E-state index contributed by atoms with van der Waals surface area (Å²) in [6.07, 6.45) is 4.72. The van der Waals surface area contributed by atoms with Gasteiger partial charge in [0.15, 0.2) is 0 Å². The van der Waals surface area contributed by atoms with Crippen LogP contribution in [-0.4, -0.2) is 19.3 Å². The summed E-state index contributed by atoms with van der Waals surface area (Å²) < 4.78 is 4.18. The van der Waals surface area contributed by atoms with E-state index in [2.05, 4.69) is 29.7 Å². The van der Waals surface area contributed by atoms with Crippen molar-refractivity contribution in [1.82, 2.24) is 14.3 Å². The molecule has 0 unspecified atom stereocenters. The quantitative estimate of drug-likeness (QED) is 0.233. The first-order valence-corrected chi connectivity index (χ1v) is 9.83. The van der Waals surface area contributed by atoms with Gasteiger partial charge in [0.05, 0.1) is 21.8 Å². The molecule has 144 valence electrons. The fourth-order valence-corrected chi connectivity index (χ4v) is 3.96. The highest BCUT2D eigenvalue weighted by Crippen LogP contribution is 2.33. The van der Waals surface area contributed by atoms with Gasteiger partial charge in [0.2, 0.25) is 0 Å². The molecule has 0 fully saturated rings. The number of benzene rings is 2. The molecule has 0 aliphatic rings. The highest BCUT2D eigenvalue weighted by Gasteiger charge is 2.20. The largest absolute Gasteiger partial charge is 0.325 e. The Labute approximate surface area is 163 Å². The lowest BCUT2D eigenvalue weighted by molar-refractivity contribution is -0.384. The Morgan fingerprint density at radius 2 is 1.89 bits per heavy atom. The van der Waals surface area contributed by atoms with Gasteiger partial charge in [-0.15, -0.1) is 0 Å². The minimum Gasteiger partial charge on any atom is -0.325 e. The molecule has 6 heteroatoms. The van der Waals surface area contributed by atoms with Crippen LogP contribution in [0.25, 0.3) is 27.6 Å². The van der Waals surface area contributed by atoms with Gasteiger partial charge in [0.25, 0.3) is 5.69 Å². The summed E-state index contributed by atoms with van der Waals surface area (Å²) in [6, 6.07) is 15.1. The Kier molecular flexibility index (Phi) is 4.86. The highest BCUT2D eigenvalue weighted by molar-refractivity contribution is 6.08. The maximum Gasteiger partial charge on any atom is 0.271 e. The lowest BCUT2D eigenvalue weighted by atomic mass is 10.2. The third kappa shape index (κ3) is 3.05. The number of fused-ring (bicyclic) bond motifs is 3. The van der Waals surface area contributed by atoms with E-state index in [1.165, 1.54) is 36.2 Å². The van der Waals surface area contributed by atoms with E-state index in [0.29, 0.717) is 5.69 Å². The predicted molar refractivity (Wildman–Crippen MR) is 112 cm³/mol. The molecular weight excluding hydrogens is 352 g/mol. The van der Waals surface area contributed by atoms with Crippen LogP contribution in [0.1, 0.15) is 38.3 Å². The van der Waals surface area contributed by atoms with E-state index in [1.54, 1.807) is 12.1 Å². The number of aryl methyl sites for hydroxylation is 2. The van der Waals surface area contributed by atoms with Crippen molar-refractivity contribution in [3.05, 3.63) is 64.3 Å². The number of hydrogen-bond acceptors (Lipinski definition) is 3. The Bertz CT molecular complexity index is 1160. The minimum atomic E-state index is -0.364. The Balaban J connectivity index is 1.93. The van der Waals surface area contributed by atoms with Gasteiger partial charge in [-0.05, 0) is 25.5 Å². The summed E-state index contributed by atoms with van der Waals surface area (Å²) in [5, 5.41) is 18.3.